The Balaban J connectivity index is 0.00000112. The van der Waals surface area contributed by atoms with E-state index in [1.165, 1.54) is 0 Å². The molecule has 0 amide bonds. The van der Waals surface area contributed by atoms with Crippen molar-refractivity contribution in [1.29, 1.82) is 0 Å². The van der Waals surface area contributed by atoms with Gasteiger partial charge in [-0.25, -0.2) is 13.1 Å². The first-order valence-electron chi connectivity index (χ1n) is 5.25. The van der Waals surface area contributed by atoms with Crippen LogP contribution in [0, 0.1) is 5.92 Å². The van der Waals surface area contributed by atoms with Crippen molar-refractivity contribution in [1.82, 2.24) is 4.72 Å². The van der Waals surface area contributed by atoms with Gasteiger partial charge in [-0.1, -0.05) is 0 Å². The highest BCUT2D eigenvalue weighted by atomic mass is 35.5. The summed E-state index contributed by atoms with van der Waals surface area (Å²) in [6, 6.07) is 0. The second-order valence-electron chi connectivity index (χ2n) is 4.76. The van der Waals surface area contributed by atoms with E-state index in [0.717, 1.165) is 32.1 Å². The molecule has 0 atom stereocenters. The molecule has 0 aliphatic heterocycles. The normalized spacial score (nSPS) is 24.1. The number of rotatable bonds is 5. The highest BCUT2D eigenvalue weighted by Crippen LogP contribution is 2.31. The first kappa shape index (κ1) is 13.2. The van der Waals surface area contributed by atoms with Gasteiger partial charge in [0.25, 0.3) is 0 Å². The van der Waals surface area contributed by atoms with Gasteiger partial charge in [0.15, 0.2) is 0 Å². The van der Waals surface area contributed by atoms with Crippen molar-refractivity contribution in [2.24, 2.45) is 11.7 Å². The highest BCUT2D eigenvalue weighted by Gasteiger charge is 2.34. The molecule has 15 heavy (non-hydrogen) atoms. The molecule has 0 saturated heterocycles. The van der Waals surface area contributed by atoms with E-state index < -0.39 is 10.0 Å². The van der Waals surface area contributed by atoms with E-state index in [2.05, 4.69) is 4.72 Å². The largest absolute Gasteiger partial charge is 0.324 e. The summed E-state index contributed by atoms with van der Waals surface area (Å²) in [6.45, 7) is 0.419. The molecule has 0 spiro atoms. The monoisotopic (exact) mass is 254 g/mol. The van der Waals surface area contributed by atoms with E-state index in [9.17, 15) is 8.42 Å². The van der Waals surface area contributed by atoms with Crippen LogP contribution in [-0.2, 0) is 10.0 Å². The third kappa shape index (κ3) is 3.90. The number of nitrogens with two attached hydrogens (primary N) is 1. The molecule has 4 nitrogen and oxygen atoms in total. The Morgan fingerprint density at radius 1 is 1.33 bits per heavy atom. The van der Waals surface area contributed by atoms with Gasteiger partial charge in [0, 0.05) is 12.1 Å². The summed E-state index contributed by atoms with van der Waals surface area (Å²) < 4.78 is 25.6. The predicted octanol–water partition coefficient (Wildman–Crippen LogP) is 0.619. The highest BCUT2D eigenvalue weighted by molar-refractivity contribution is 7.89. The number of hydrogen-bond acceptors (Lipinski definition) is 3. The van der Waals surface area contributed by atoms with E-state index in [4.69, 9.17) is 5.73 Å². The molecule has 90 valence electrons. The van der Waals surface area contributed by atoms with Gasteiger partial charge in [-0.15, -0.1) is 12.4 Å². The second kappa shape index (κ2) is 4.57. The molecule has 0 aromatic heterocycles. The maximum absolute atomic E-state index is 11.5. The molecule has 0 bridgehead atoms. The Hall–Kier alpha value is 0.160. The number of hydrogen-bond donors (Lipinski definition) is 2. The van der Waals surface area contributed by atoms with Gasteiger partial charge in [0.1, 0.15) is 0 Å². The summed E-state index contributed by atoms with van der Waals surface area (Å²) >= 11 is 0. The zero-order chi connectivity index (χ0) is 10.2. The third-order valence-corrected chi connectivity index (χ3v) is 4.64. The molecular weight excluding hydrogens is 236 g/mol. The number of sulfonamides is 1. The lowest BCUT2D eigenvalue weighted by molar-refractivity contribution is 0.251. The van der Waals surface area contributed by atoms with Crippen molar-refractivity contribution in [3.05, 3.63) is 0 Å². The minimum atomic E-state index is -3.06. The lowest BCUT2D eigenvalue weighted by Crippen LogP contribution is -2.55. The van der Waals surface area contributed by atoms with Crippen molar-refractivity contribution in [3.8, 4) is 0 Å². The fourth-order valence-corrected chi connectivity index (χ4v) is 3.29. The average Bonchev–Trinajstić information content (AvgIpc) is 2.80. The molecule has 0 aromatic rings. The zero-order valence-electron chi connectivity index (χ0n) is 8.74. The number of nitrogens with one attached hydrogen (secondary N) is 1. The van der Waals surface area contributed by atoms with Gasteiger partial charge in [-0.2, -0.15) is 0 Å². The lowest BCUT2D eigenvalue weighted by atomic mass is 9.78. The minimum absolute atomic E-state index is 0. The maximum Gasteiger partial charge on any atom is 0.211 e. The molecule has 0 radical (unpaired) electrons. The van der Waals surface area contributed by atoms with E-state index >= 15 is 0 Å². The fraction of sp³-hybridized carbons (Fsp3) is 1.00. The summed E-state index contributed by atoms with van der Waals surface area (Å²) in [4.78, 5) is 0. The predicted molar refractivity (Wildman–Crippen MR) is 62.5 cm³/mol. The van der Waals surface area contributed by atoms with Crippen LogP contribution in [0.5, 0.6) is 0 Å². The Morgan fingerprint density at radius 2 is 1.93 bits per heavy atom. The van der Waals surface area contributed by atoms with E-state index in [1.54, 1.807) is 0 Å². The van der Waals surface area contributed by atoms with Crippen molar-refractivity contribution in [3.63, 3.8) is 0 Å². The van der Waals surface area contributed by atoms with Crippen LogP contribution in [-0.4, -0.2) is 26.3 Å². The number of halogens is 1. The summed E-state index contributed by atoms with van der Waals surface area (Å²) in [6.07, 6.45) is 5.14. The van der Waals surface area contributed by atoms with Crippen LogP contribution in [0.25, 0.3) is 0 Å². The van der Waals surface area contributed by atoms with Gasteiger partial charge < -0.3 is 5.73 Å². The van der Waals surface area contributed by atoms with Crippen molar-refractivity contribution >= 4 is 22.4 Å². The summed E-state index contributed by atoms with van der Waals surface area (Å²) in [7, 11) is -3.06. The first-order valence-corrected chi connectivity index (χ1v) is 6.91. The van der Waals surface area contributed by atoms with Gasteiger partial charge in [0.05, 0.1) is 5.75 Å². The van der Waals surface area contributed by atoms with Crippen molar-refractivity contribution < 1.29 is 8.42 Å². The molecule has 2 saturated carbocycles. The summed E-state index contributed by atoms with van der Waals surface area (Å²) in [5.74, 6) is 0.700. The molecule has 0 heterocycles. The molecule has 3 N–H and O–H groups in total. The van der Waals surface area contributed by atoms with Crippen molar-refractivity contribution in [2.75, 3.05) is 12.3 Å². The van der Waals surface area contributed by atoms with Gasteiger partial charge in [-0.3, -0.25) is 0 Å². The Labute approximate surface area is 97.5 Å². The quantitative estimate of drug-likeness (QED) is 0.756. The molecule has 2 aliphatic rings. The van der Waals surface area contributed by atoms with E-state index in [-0.39, 0.29) is 17.9 Å². The van der Waals surface area contributed by atoms with Gasteiger partial charge >= 0.3 is 0 Å². The van der Waals surface area contributed by atoms with Crippen LogP contribution < -0.4 is 10.5 Å². The Bertz CT molecular complexity index is 310. The fourth-order valence-electron chi connectivity index (χ4n) is 1.72. The Morgan fingerprint density at radius 3 is 2.33 bits per heavy atom. The second-order valence-corrected chi connectivity index (χ2v) is 6.61. The zero-order valence-corrected chi connectivity index (χ0v) is 10.4. The molecule has 0 unspecified atom stereocenters. The molecule has 2 fully saturated rings. The third-order valence-electron chi connectivity index (χ3n) is 3.15. The minimum Gasteiger partial charge on any atom is -0.324 e. The molecular formula is C9H19ClN2O2S. The lowest BCUT2D eigenvalue weighted by Gasteiger charge is -2.38. The van der Waals surface area contributed by atoms with E-state index in [1.807, 2.05) is 0 Å². The summed E-state index contributed by atoms with van der Waals surface area (Å²) in [5.41, 5.74) is 5.68. The Kier molecular flexibility index (Phi) is 4.03. The maximum atomic E-state index is 11.5. The molecule has 6 heteroatoms. The smallest absolute Gasteiger partial charge is 0.211 e. The van der Waals surface area contributed by atoms with Crippen LogP contribution in [0.15, 0.2) is 0 Å². The molecule has 2 aliphatic carbocycles. The SMILES string of the molecule is Cl.NC1(CNS(=O)(=O)CC2CC2)CCC1. The average molecular weight is 255 g/mol. The first-order chi connectivity index (χ1) is 6.49. The van der Waals surface area contributed by atoms with Gasteiger partial charge in [0.2, 0.25) is 10.0 Å². The van der Waals surface area contributed by atoms with Crippen LogP contribution >= 0.6 is 12.4 Å². The van der Waals surface area contributed by atoms with Crippen LogP contribution in [0.4, 0.5) is 0 Å². The standard InChI is InChI=1S/C9H18N2O2S.ClH/c10-9(4-1-5-9)7-11-14(12,13)6-8-2-3-8;/h8,11H,1-7,10H2;1H. The molecule has 0 aromatic carbocycles. The topological polar surface area (TPSA) is 72.2 Å². The van der Waals surface area contributed by atoms with E-state index in [0.29, 0.717) is 18.2 Å². The van der Waals surface area contributed by atoms with Crippen molar-refractivity contribution in [2.45, 2.75) is 37.6 Å². The van der Waals surface area contributed by atoms with Gasteiger partial charge in [-0.05, 0) is 38.0 Å². The van der Waals surface area contributed by atoms with Crippen LogP contribution in [0.1, 0.15) is 32.1 Å². The van der Waals surface area contributed by atoms with Crippen LogP contribution in [0.2, 0.25) is 0 Å². The van der Waals surface area contributed by atoms with Crippen LogP contribution in [0.3, 0.4) is 0 Å². The summed E-state index contributed by atoms with van der Waals surface area (Å²) in [5, 5.41) is 0. The molecule has 2 rings (SSSR count).